The number of nitrogen functional groups attached to an aromatic ring is 1. The van der Waals surface area contributed by atoms with Crippen molar-refractivity contribution in [2.75, 3.05) is 17.6 Å². The maximum Gasteiger partial charge on any atom is 0.0715 e. The van der Waals surface area contributed by atoms with E-state index in [1.165, 1.54) is 0 Å². The van der Waals surface area contributed by atoms with Crippen LogP contribution in [0, 0.1) is 5.92 Å². The first-order valence-corrected chi connectivity index (χ1v) is 5.83. The summed E-state index contributed by atoms with van der Waals surface area (Å²) in [6.45, 7) is 4.65. The predicted octanol–water partition coefficient (Wildman–Crippen LogP) is 2.74. The van der Waals surface area contributed by atoms with E-state index in [4.69, 9.17) is 17.3 Å². The Morgan fingerprint density at radius 2 is 2.12 bits per heavy atom. The van der Waals surface area contributed by atoms with Crippen LogP contribution < -0.4 is 11.1 Å². The third-order valence-electron chi connectivity index (χ3n) is 2.29. The van der Waals surface area contributed by atoms with Gasteiger partial charge in [0.05, 0.1) is 17.5 Å². The van der Waals surface area contributed by atoms with E-state index >= 15 is 0 Å². The molecule has 0 heterocycles. The van der Waals surface area contributed by atoms with Crippen LogP contribution in [0.2, 0.25) is 5.02 Å². The third-order valence-corrected chi connectivity index (χ3v) is 2.52. The zero-order chi connectivity index (χ0) is 12.1. The number of anilines is 2. The smallest absolute Gasteiger partial charge is 0.0715 e. The zero-order valence-electron chi connectivity index (χ0n) is 9.70. The molecule has 0 fully saturated rings. The Balaban J connectivity index is 2.51. The second-order valence-corrected chi connectivity index (χ2v) is 4.83. The summed E-state index contributed by atoms with van der Waals surface area (Å²) in [5.41, 5.74) is 7.19. The van der Waals surface area contributed by atoms with E-state index in [2.05, 4.69) is 19.2 Å². The molecule has 1 unspecified atom stereocenters. The zero-order valence-corrected chi connectivity index (χ0v) is 10.5. The highest BCUT2D eigenvalue weighted by Crippen LogP contribution is 2.22. The van der Waals surface area contributed by atoms with Crippen molar-refractivity contribution >= 4 is 23.0 Å². The van der Waals surface area contributed by atoms with Crippen LogP contribution in [0.25, 0.3) is 0 Å². The minimum atomic E-state index is -0.363. The molecule has 0 amide bonds. The van der Waals surface area contributed by atoms with Gasteiger partial charge in [-0.2, -0.15) is 0 Å². The van der Waals surface area contributed by atoms with Gasteiger partial charge in [-0.1, -0.05) is 25.4 Å². The van der Waals surface area contributed by atoms with E-state index in [1.54, 1.807) is 18.2 Å². The molecule has 0 aliphatic heterocycles. The van der Waals surface area contributed by atoms with Crippen molar-refractivity contribution in [2.24, 2.45) is 5.92 Å². The Labute approximate surface area is 102 Å². The minimum absolute atomic E-state index is 0.363. The van der Waals surface area contributed by atoms with Gasteiger partial charge in [-0.05, 0) is 30.5 Å². The van der Waals surface area contributed by atoms with E-state index in [9.17, 15) is 5.11 Å². The molecule has 0 aliphatic rings. The molecule has 4 heteroatoms. The van der Waals surface area contributed by atoms with Gasteiger partial charge in [-0.25, -0.2) is 0 Å². The summed E-state index contributed by atoms with van der Waals surface area (Å²) in [7, 11) is 0. The highest BCUT2D eigenvalue weighted by molar-refractivity contribution is 6.31. The predicted molar refractivity (Wildman–Crippen MR) is 69.8 cm³/mol. The third kappa shape index (κ3) is 4.29. The van der Waals surface area contributed by atoms with Crippen LogP contribution in [0.3, 0.4) is 0 Å². The molecular formula is C12H19ClN2O. The lowest BCUT2D eigenvalue weighted by atomic mass is 10.1. The van der Waals surface area contributed by atoms with E-state index in [0.717, 1.165) is 12.1 Å². The molecule has 1 aromatic carbocycles. The molecule has 1 aromatic rings. The second kappa shape index (κ2) is 5.97. The van der Waals surface area contributed by atoms with Crippen LogP contribution in [0.5, 0.6) is 0 Å². The van der Waals surface area contributed by atoms with Crippen LogP contribution in [-0.4, -0.2) is 17.8 Å². The molecular weight excluding hydrogens is 224 g/mol. The molecule has 0 saturated heterocycles. The lowest BCUT2D eigenvalue weighted by molar-refractivity contribution is 0.161. The van der Waals surface area contributed by atoms with E-state index in [0.29, 0.717) is 23.2 Å². The summed E-state index contributed by atoms with van der Waals surface area (Å²) in [5.74, 6) is 0.480. The van der Waals surface area contributed by atoms with Gasteiger partial charge in [-0.15, -0.1) is 0 Å². The van der Waals surface area contributed by atoms with Crippen LogP contribution in [0.1, 0.15) is 20.3 Å². The molecule has 90 valence electrons. The van der Waals surface area contributed by atoms with Crippen LogP contribution in [0.4, 0.5) is 11.4 Å². The van der Waals surface area contributed by atoms with Crippen LogP contribution >= 0.6 is 11.6 Å². The first kappa shape index (κ1) is 13.1. The molecule has 4 N–H and O–H groups in total. The molecule has 0 spiro atoms. The second-order valence-electron chi connectivity index (χ2n) is 4.40. The average molecular weight is 243 g/mol. The van der Waals surface area contributed by atoms with Crippen molar-refractivity contribution in [1.82, 2.24) is 0 Å². The maximum atomic E-state index is 9.70. The van der Waals surface area contributed by atoms with Crippen molar-refractivity contribution in [3.05, 3.63) is 23.2 Å². The van der Waals surface area contributed by atoms with Crippen molar-refractivity contribution in [2.45, 2.75) is 26.4 Å². The fourth-order valence-electron chi connectivity index (χ4n) is 1.54. The standard InChI is InChI=1S/C12H19ClN2O/c1-8(2)5-10(16)7-15-12-6-9(13)3-4-11(12)14/h3-4,6,8,10,15-16H,5,7,14H2,1-2H3. The molecule has 0 bridgehead atoms. The Morgan fingerprint density at radius 3 is 2.75 bits per heavy atom. The topological polar surface area (TPSA) is 58.3 Å². The normalized spacial score (nSPS) is 12.8. The fraction of sp³-hybridized carbons (Fsp3) is 0.500. The van der Waals surface area contributed by atoms with Gasteiger partial charge in [0, 0.05) is 11.6 Å². The molecule has 0 saturated carbocycles. The molecule has 3 nitrogen and oxygen atoms in total. The average Bonchev–Trinajstić information content (AvgIpc) is 2.18. The van der Waals surface area contributed by atoms with E-state index in [1.807, 2.05) is 0 Å². The molecule has 0 radical (unpaired) electrons. The summed E-state index contributed by atoms with van der Waals surface area (Å²) in [6.07, 6.45) is 0.409. The summed E-state index contributed by atoms with van der Waals surface area (Å²) < 4.78 is 0. The van der Waals surface area contributed by atoms with Gasteiger partial charge in [0.1, 0.15) is 0 Å². The highest BCUT2D eigenvalue weighted by atomic mass is 35.5. The van der Waals surface area contributed by atoms with Crippen molar-refractivity contribution in [1.29, 1.82) is 0 Å². The monoisotopic (exact) mass is 242 g/mol. The van der Waals surface area contributed by atoms with Crippen molar-refractivity contribution in [3.63, 3.8) is 0 Å². The van der Waals surface area contributed by atoms with Gasteiger partial charge in [-0.3, -0.25) is 0 Å². The Hall–Kier alpha value is -0.930. The fourth-order valence-corrected chi connectivity index (χ4v) is 1.71. The number of hydrogen-bond donors (Lipinski definition) is 3. The Morgan fingerprint density at radius 1 is 1.44 bits per heavy atom. The van der Waals surface area contributed by atoms with Crippen LogP contribution in [-0.2, 0) is 0 Å². The van der Waals surface area contributed by atoms with Gasteiger partial charge >= 0.3 is 0 Å². The Kier molecular flexibility index (Phi) is 4.90. The number of nitrogens with one attached hydrogen (secondary N) is 1. The Bertz CT molecular complexity index is 342. The summed E-state index contributed by atoms with van der Waals surface area (Å²) in [5, 5.41) is 13.4. The lowest BCUT2D eigenvalue weighted by Gasteiger charge is -2.15. The first-order valence-electron chi connectivity index (χ1n) is 5.46. The van der Waals surface area contributed by atoms with Gasteiger partial charge < -0.3 is 16.2 Å². The maximum absolute atomic E-state index is 9.70. The van der Waals surface area contributed by atoms with E-state index in [-0.39, 0.29) is 6.10 Å². The quantitative estimate of drug-likeness (QED) is 0.696. The number of hydrogen-bond acceptors (Lipinski definition) is 3. The largest absolute Gasteiger partial charge is 0.397 e. The number of nitrogens with two attached hydrogens (primary N) is 1. The first-order chi connectivity index (χ1) is 7.49. The summed E-state index contributed by atoms with van der Waals surface area (Å²) in [6, 6.07) is 5.26. The van der Waals surface area contributed by atoms with Crippen LogP contribution in [0.15, 0.2) is 18.2 Å². The van der Waals surface area contributed by atoms with Gasteiger partial charge in [0.15, 0.2) is 0 Å². The molecule has 0 aliphatic carbocycles. The summed E-state index contributed by atoms with van der Waals surface area (Å²) >= 11 is 5.86. The van der Waals surface area contributed by atoms with Crippen molar-refractivity contribution < 1.29 is 5.11 Å². The van der Waals surface area contributed by atoms with E-state index < -0.39 is 0 Å². The minimum Gasteiger partial charge on any atom is -0.397 e. The number of rotatable bonds is 5. The molecule has 1 atom stereocenters. The molecule has 16 heavy (non-hydrogen) atoms. The highest BCUT2D eigenvalue weighted by Gasteiger charge is 2.07. The number of benzene rings is 1. The summed E-state index contributed by atoms with van der Waals surface area (Å²) in [4.78, 5) is 0. The lowest BCUT2D eigenvalue weighted by Crippen LogP contribution is -2.21. The number of aliphatic hydroxyl groups is 1. The SMILES string of the molecule is CC(C)CC(O)CNc1cc(Cl)ccc1N. The molecule has 1 rings (SSSR count). The number of halogens is 1. The van der Waals surface area contributed by atoms with Crippen molar-refractivity contribution in [3.8, 4) is 0 Å². The van der Waals surface area contributed by atoms with Gasteiger partial charge in [0.2, 0.25) is 0 Å². The number of aliphatic hydroxyl groups excluding tert-OH is 1. The van der Waals surface area contributed by atoms with Gasteiger partial charge in [0.25, 0.3) is 0 Å². The molecule has 0 aromatic heterocycles.